The summed E-state index contributed by atoms with van der Waals surface area (Å²) in [6.07, 6.45) is 3.91. The Balaban J connectivity index is 2.14. The van der Waals surface area contributed by atoms with Crippen molar-refractivity contribution in [1.29, 1.82) is 0 Å². The van der Waals surface area contributed by atoms with Gasteiger partial charge in [0.1, 0.15) is 0 Å². The molecule has 0 bridgehead atoms. The lowest BCUT2D eigenvalue weighted by Crippen LogP contribution is -2.45. The summed E-state index contributed by atoms with van der Waals surface area (Å²) in [5.41, 5.74) is 0.751. The average molecular weight is 372 g/mol. The highest BCUT2D eigenvalue weighted by Gasteiger charge is 2.38. The minimum absolute atomic E-state index is 0.182. The third kappa shape index (κ3) is 3.48. The summed E-state index contributed by atoms with van der Waals surface area (Å²) < 4.78 is 1.09. The average Bonchev–Trinajstić information content (AvgIpc) is 2.42. The number of hydrogen-bond acceptors (Lipinski definition) is 2. The van der Waals surface area contributed by atoms with Crippen molar-refractivity contribution in [2.45, 2.75) is 32.6 Å². The van der Waals surface area contributed by atoms with Crippen molar-refractivity contribution in [3.8, 4) is 0 Å². The second kappa shape index (κ2) is 6.70. The maximum Gasteiger partial charge on any atom is 0.230 e. The first-order valence-corrected chi connectivity index (χ1v) is 8.02. The number of carbonyl (C=O) groups excluding carboxylic acids is 1. The van der Waals surface area contributed by atoms with E-state index < -0.39 is 0 Å². The molecule has 1 aromatic rings. The summed E-state index contributed by atoms with van der Waals surface area (Å²) in [4.78, 5) is 12.7. The van der Waals surface area contributed by atoms with E-state index >= 15 is 0 Å². The molecule has 1 saturated heterocycles. The van der Waals surface area contributed by atoms with E-state index in [2.05, 4.69) is 40.1 Å². The Morgan fingerprint density at radius 2 is 2.05 bits per heavy atom. The third-order valence-corrected chi connectivity index (χ3v) is 4.83. The summed E-state index contributed by atoms with van der Waals surface area (Å²) >= 11 is 2.26. The summed E-state index contributed by atoms with van der Waals surface area (Å²) in [6.45, 7) is 4.04. The number of rotatable bonds is 4. The van der Waals surface area contributed by atoms with Gasteiger partial charge < -0.3 is 10.6 Å². The third-order valence-electron chi connectivity index (χ3n) is 3.89. The van der Waals surface area contributed by atoms with Gasteiger partial charge in [-0.1, -0.05) is 25.5 Å². The Morgan fingerprint density at radius 3 is 2.68 bits per heavy atom. The van der Waals surface area contributed by atoms with E-state index in [9.17, 15) is 4.79 Å². The molecule has 0 radical (unpaired) electrons. The van der Waals surface area contributed by atoms with E-state index in [1.807, 2.05) is 24.3 Å². The number of nitrogens with one attached hydrogen (secondary N) is 2. The van der Waals surface area contributed by atoms with Crippen molar-refractivity contribution in [2.24, 2.45) is 5.41 Å². The van der Waals surface area contributed by atoms with Crippen LogP contribution < -0.4 is 10.6 Å². The van der Waals surface area contributed by atoms with Crippen LogP contribution in [0.3, 0.4) is 0 Å². The molecule has 4 heteroatoms. The topological polar surface area (TPSA) is 41.1 Å². The lowest BCUT2D eigenvalue weighted by atomic mass is 9.74. The van der Waals surface area contributed by atoms with E-state index in [1.54, 1.807) is 0 Å². The van der Waals surface area contributed by atoms with Crippen molar-refractivity contribution in [3.63, 3.8) is 0 Å². The molecule has 1 aliphatic heterocycles. The van der Waals surface area contributed by atoms with Gasteiger partial charge in [0, 0.05) is 3.57 Å². The van der Waals surface area contributed by atoms with E-state index in [4.69, 9.17) is 0 Å². The largest absolute Gasteiger partial charge is 0.325 e. The first-order chi connectivity index (χ1) is 9.18. The fraction of sp³-hybridized carbons (Fsp3) is 0.533. The Hall–Kier alpha value is -0.620. The Labute approximate surface area is 128 Å². The van der Waals surface area contributed by atoms with Gasteiger partial charge in [-0.3, -0.25) is 4.79 Å². The molecule has 0 aromatic heterocycles. The molecule has 0 spiro atoms. The summed E-state index contributed by atoms with van der Waals surface area (Å²) in [7, 11) is 0. The number of carbonyl (C=O) groups is 1. The normalized spacial score (nSPS) is 18.0. The van der Waals surface area contributed by atoms with Crippen molar-refractivity contribution in [3.05, 3.63) is 27.8 Å². The van der Waals surface area contributed by atoms with Gasteiger partial charge in [-0.15, -0.1) is 0 Å². The monoisotopic (exact) mass is 372 g/mol. The summed E-state index contributed by atoms with van der Waals surface area (Å²) in [6, 6.07) is 7.95. The van der Waals surface area contributed by atoms with Gasteiger partial charge in [-0.2, -0.15) is 0 Å². The van der Waals surface area contributed by atoms with Gasteiger partial charge in [0.25, 0.3) is 0 Å². The predicted molar refractivity (Wildman–Crippen MR) is 87.2 cm³/mol. The molecule has 0 atom stereocenters. The van der Waals surface area contributed by atoms with E-state index in [-0.39, 0.29) is 11.3 Å². The zero-order valence-electron chi connectivity index (χ0n) is 11.3. The minimum atomic E-state index is -0.182. The van der Waals surface area contributed by atoms with Gasteiger partial charge in [0.05, 0.1) is 11.1 Å². The molecule has 1 aromatic carbocycles. The highest BCUT2D eigenvalue weighted by atomic mass is 127. The lowest BCUT2D eigenvalue weighted by Gasteiger charge is -2.36. The second-order valence-corrected chi connectivity index (χ2v) is 6.38. The first-order valence-electron chi connectivity index (χ1n) is 6.95. The first kappa shape index (κ1) is 14.8. The lowest BCUT2D eigenvalue weighted by molar-refractivity contribution is -0.127. The van der Waals surface area contributed by atoms with Gasteiger partial charge in [-0.05, 0) is 67.1 Å². The molecule has 0 saturated carbocycles. The maximum atomic E-state index is 12.7. The molecule has 1 amide bonds. The Kier molecular flexibility index (Phi) is 5.21. The van der Waals surface area contributed by atoms with Gasteiger partial charge in [0.15, 0.2) is 0 Å². The number of piperidine rings is 1. The molecule has 104 valence electrons. The smallest absolute Gasteiger partial charge is 0.230 e. The number of para-hydroxylation sites is 1. The molecular formula is C15H21IN2O. The van der Waals surface area contributed by atoms with E-state index in [1.165, 1.54) is 0 Å². The number of amides is 1. The molecule has 0 aliphatic carbocycles. The van der Waals surface area contributed by atoms with Crippen LogP contribution in [0.5, 0.6) is 0 Å². The Morgan fingerprint density at radius 1 is 1.37 bits per heavy atom. The zero-order chi connectivity index (χ0) is 13.7. The van der Waals surface area contributed by atoms with Crippen LogP contribution in [-0.4, -0.2) is 19.0 Å². The standard InChI is InChI=1S/C15H21IN2O/c1-2-7-15(8-10-17-11-9-15)14(19)18-13-6-4-3-5-12(13)16/h3-6,17H,2,7-11H2,1H3,(H,18,19). The fourth-order valence-electron chi connectivity index (χ4n) is 2.79. The van der Waals surface area contributed by atoms with Gasteiger partial charge >= 0.3 is 0 Å². The van der Waals surface area contributed by atoms with Crippen LogP contribution in [0.15, 0.2) is 24.3 Å². The molecule has 3 nitrogen and oxygen atoms in total. The number of anilines is 1. The molecule has 19 heavy (non-hydrogen) atoms. The van der Waals surface area contributed by atoms with E-state index in [0.717, 1.165) is 48.0 Å². The SMILES string of the molecule is CCCC1(C(=O)Nc2ccccc2I)CCNCC1. The second-order valence-electron chi connectivity index (χ2n) is 5.21. The minimum Gasteiger partial charge on any atom is -0.325 e. The van der Waals surface area contributed by atoms with Gasteiger partial charge in [-0.25, -0.2) is 0 Å². The maximum absolute atomic E-state index is 12.7. The zero-order valence-corrected chi connectivity index (χ0v) is 13.5. The van der Waals surface area contributed by atoms with Crippen LogP contribution in [0.2, 0.25) is 0 Å². The van der Waals surface area contributed by atoms with Crippen LogP contribution in [0.25, 0.3) is 0 Å². The molecular weight excluding hydrogens is 351 g/mol. The van der Waals surface area contributed by atoms with E-state index in [0.29, 0.717) is 0 Å². The fourth-order valence-corrected chi connectivity index (χ4v) is 3.31. The summed E-state index contributed by atoms with van der Waals surface area (Å²) in [5.74, 6) is 0.194. The molecule has 1 fully saturated rings. The van der Waals surface area contributed by atoms with Crippen LogP contribution in [0.1, 0.15) is 32.6 Å². The van der Waals surface area contributed by atoms with Crippen LogP contribution in [-0.2, 0) is 4.79 Å². The van der Waals surface area contributed by atoms with Crippen LogP contribution in [0, 0.1) is 8.99 Å². The quantitative estimate of drug-likeness (QED) is 0.796. The van der Waals surface area contributed by atoms with Crippen molar-refractivity contribution >= 4 is 34.2 Å². The number of halogens is 1. The van der Waals surface area contributed by atoms with Crippen LogP contribution >= 0.6 is 22.6 Å². The van der Waals surface area contributed by atoms with Crippen molar-refractivity contribution in [2.75, 3.05) is 18.4 Å². The van der Waals surface area contributed by atoms with Crippen molar-refractivity contribution < 1.29 is 4.79 Å². The van der Waals surface area contributed by atoms with Gasteiger partial charge in [0.2, 0.25) is 5.91 Å². The highest BCUT2D eigenvalue weighted by Crippen LogP contribution is 2.35. The number of benzene rings is 1. The van der Waals surface area contributed by atoms with Crippen LogP contribution in [0.4, 0.5) is 5.69 Å². The molecule has 1 aliphatic rings. The molecule has 2 N–H and O–H groups in total. The predicted octanol–water partition coefficient (Wildman–Crippen LogP) is 3.40. The Bertz CT molecular complexity index is 436. The summed E-state index contributed by atoms with van der Waals surface area (Å²) in [5, 5.41) is 6.48. The number of hydrogen-bond donors (Lipinski definition) is 2. The highest BCUT2D eigenvalue weighted by molar-refractivity contribution is 14.1. The van der Waals surface area contributed by atoms with Crippen molar-refractivity contribution in [1.82, 2.24) is 5.32 Å². The molecule has 2 rings (SSSR count). The molecule has 1 heterocycles. The molecule has 0 unspecified atom stereocenters.